The molecule has 0 radical (unpaired) electrons. The van der Waals surface area contributed by atoms with E-state index in [1.807, 2.05) is 25.4 Å². The Balaban J connectivity index is 1.51. The summed E-state index contributed by atoms with van der Waals surface area (Å²) in [6.07, 6.45) is 4.40. The Kier molecular flexibility index (Phi) is 5.94. The standard InChI is InChI=1S/C20H26ClN3O/c1-24(10-11-25-2)19-7-6-16(14-23-19)13-22-15-20(8-9-20)17-4-3-5-18(21)12-17/h3-7,12,14,22H,8-11,13,15H2,1-2H3. The fraction of sp³-hybridized carbons (Fsp3) is 0.450. The van der Waals surface area contributed by atoms with E-state index in [0.29, 0.717) is 6.61 Å². The van der Waals surface area contributed by atoms with Crippen molar-refractivity contribution in [2.75, 3.05) is 38.8 Å². The van der Waals surface area contributed by atoms with Crippen LogP contribution in [0.25, 0.3) is 0 Å². The Bertz CT molecular complexity index is 686. The molecule has 1 aliphatic rings. The van der Waals surface area contributed by atoms with Crippen molar-refractivity contribution in [3.8, 4) is 0 Å². The molecule has 1 saturated carbocycles. The van der Waals surface area contributed by atoms with E-state index in [0.717, 1.165) is 30.5 Å². The lowest BCUT2D eigenvalue weighted by Gasteiger charge is -2.18. The second-order valence-electron chi connectivity index (χ2n) is 6.83. The number of nitrogens with one attached hydrogen (secondary N) is 1. The van der Waals surface area contributed by atoms with Crippen LogP contribution >= 0.6 is 11.6 Å². The molecule has 1 N–H and O–H groups in total. The lowest BCUT2D eigenvalue weighted by Crippen LogP contribution is -2.27. The van der Waals surface area contributed by atoms with Crippen molar-refractivity contribution in [3.63, 3.8) is 0 Å². The molecule has 1 heterocycles. The molecule has 0 atom stereocenters. The van der Waals surface area contributed by atoms with Gasteiger partial charge in [-0.1, -0.05) is 29.8 Å². The average Bonchev–Trinajstić information content (AvgIpc) is 3.41. The minimum atomic E-state index is 0.263. The van der Waals surface area contributed by atoms with Gasteiger partial charge in [0, 0.05) is 50.4 Å². The largest absolute Gasteiger partial charge is 0.383 e. The van der Waals surface area contributed by atoms with Crippen LogP contribution in [-0.4, -0.2) is 38.8 Å². The first kappa shape index (κ1) is 18.2. The van der Waals surface area contributed by atoms with E-state index in [-0.39, 0.29) is 5.41 Å². The van der Waals surface area contributed by atoms with Gasteiger partial charge >= 0.3 is 0 Å². The lowest BCUT2D eigenvalue weighted by atomic mass is 9.96. The molecule has 2 aromatic rings. The first-order valence-corrected chi connectivity index (χ1v) is 9.12. The molecule has 0 amide bonds. The monoisotopic (exact) mass is 359 g/mol. The molecule has 3 rings (SSSR count). The van der Waals surface area contributed by atoms with Crippen molar-refractivity contribution in [2.45, 2.75) is 24.8 Å². The van der Waals surface area contributed by atoms with E-state index in [2.05, 4.69) is 39.5 Å². The summed E-state index contributed by atoms with van der Waals surface area (Å²) in [6, 6.07) is 12.5. The third-order valence-corrected chi connectivity index (χ3v) is 5.15. The zero-order valence-corrected chi connectivity index (χ0v) is 15.7. The number of likely N-dealkylation sites (N-methyl/N-ethyl adjacent to an activating group) is 1. The SMILES string of the molecule is COCCN(C)c1ccc(CNCC2(c3cccc(Cl)c3)CC2)cn1. The Morgan fingerprint density at radius 2 is 2.12 bits per heavy atom. The van der Waals surface area contributed by atoms with Gasteiger partial charge in [-0.05, 0) is 42.2 Å². The van der Waals surface area contributed by atoms with Crippen LogP contribution in [0.15, 0.2) is 42.6 Å². The van der Waals surface area contributed by atoms with Crippen molar-refractivity contribution in [1.29, 1.82) is 0 Å². The summed E-state index contributed by atoms with van der Waals surface area (Å²) in [6.45, 7) is 3.34. The molecule has 1 fully saturated rings. The molecule has 134 valence electrons. The Hall–Kier alpha value is -1.62. The smallest absolute Gasteiger partial charge is 0.128 e. The van der Waals surface area contributed by atoms with Gasteiger partial charge in [0.2, 0.25) is 0 Å². The van der Waals surface area contributed by atoms with Crippen LogP contribution in [0.3, 0.4) is 0 Å². The maximum Gasteiger partial charge on any atom is 0.128 e. The molecule has 0 spiro atoms. The topological polar surface area (TPSA) is 37.4 Å². The highest BCUT2D eigenvalue weighted by atomic mass is 35.5. The minimum Gasteiger partial charge on any atom is -0.383 e. The summed E-state index contributed by atoms with van der Waals surface area (Å²) in [7, 11) is 3.74. The summed E-state index contributed by atoms with van der Waals surface area (Å²) >= 11 is 6.14. The van der Waals surface area contributed by atoms with E-state index in [9.17, 15) is 0 Å². The first-order valence-electron chi connectivity index (χ1n) is 8.75. The number of aromatic nitrogens is 1. The highest BCUT2D eigenvalue weighted by Gasteiger charge is 2.43. The van der Waals surface area contributed by atoms with Crippen molar-refractivity contribution >= 4 is 17.4 Å². The molecule has 1 aromatic heterocycles. The molecule has 5 heteroatoms. The quantitative estimate of drug-likeness (QED) is 0.741. The van der Waals surface area contributed by atoms with Crippen LogP contribution in [0.4, 0.5) is 5.82 Å². The van der Waals surface area contributed by atoms with E-state index in [1.54, 1.807) is 7.11 Å². The number of hydrogen-bond donors (Lipinski definition) is 1. The van der Waals surface area contributed by atoms with E-state index in [1.165, 1.54) is 24.0 Å². The molecule has 4 nitrogen and oxygen atoms in total. The number of methoxy groups -OCH3 is 1. The zero-order valence-electron chi connectivity index (χ0n) is 15.0. The number of hydrogen-bond acceptors (Lipinski definition) is 4. The Morgan fingerprint density at radius 1 is 1.28 bits per heavy atom. The summed E-state index contributed by atoms with van der Waals surface area (Å²) in [5, 5.41) is 4.41. The van der Waals surface area contributed by atoms with Crippen molar-refractivity contribution in [1.82, 2.24) is 10.3 Å². The second-order valence-corrected chi connectivity index (χ2v) is 7.27. The second kappa shape index (κ2) is 8.17. The summed E-state index contributed by atoms with van der Waals surface area (Å²) in [4.78, 5) is 6.64. The number of halogens is 1. The maximum absolute atomic E-state index is 6.14. The van der Waals surface area contributed by atoms with Gasteiger partial charge in [-0.2, -0.15) is 0 Å². The Labute approximate surface area is 155 Å². The first-order chi connectivity index (χ1) is 12.1. The van der Waals surface area contributed by atoms with Crippen LogP contribution in [0.1, 0.15) is 24.0 Å². The molecular weight excluding hydrogens is 334 g/mol. The fourth-order valence-electron chi connectivity index (χ4n) is 3.07. The van der Waals surface area contributed by atoms with Gasteiger partial charge in [0.25, 0.3) is 0 Å². The Morgan fingerprint density at radius 3 is 2.76 bits per heavy atom. The molecule has 1 aliphatic carbocycles. The fourth-order valence-corrected chi connectivity index (χ4v) is 3.26. The maximum atomic E-state index is 6.14. The van der Waals surface area contributed by atoms with Gasteiger partial charge in [0.15, 0.2) is 0 Å². The molecule has 0 bridgehead atoms. The van der Waals surface area contributed by atoms with Gasteiger partial charge in [0.1, 0.15) is 5.82 Å². The van der Waals surface area contributed by atoms with Crippen LogP contribution in [-0.2, 0) is 16.7 Å². The summed E-state index contributed by atoms with van der Waals surface area (Å²) in [5.41, 5.74) is 2.81. The van der Waals surface area contributed by atoms with Crippen LogP contribution < -0.4 is 10.2 Å². The van der Waals surface area contributed by atoms with E-state index in [4.69, 9.17) is 16.3 Å². The lowest BCUT2D eigenvalue weighted by molar-refractivity contribution is 0.206. The van der Waals surface area contributed by atoms with Crippen molar-refractivity contribution < 1.29 is 4.74 Å². The predicted molar refractivity (Wildman–Crippen MR) is 103 cm³/mol. The molecule has 0 aliphatic heterocycles. The molecule has 25 heavy (non-hydrogen) atoms. The number of benzene rings is 1. The minimum absolute atomic E-state index is 0.263. The van der Waals surface area contributed by atoms with Gasteiger partial charge < -0.3 is 15.0 Å². The molecule has 1 aromatic carbocycles. The molecule has 0 saturated heterocycles. The number of nitrogens with zero attached hydrogens (tertiary/aromatic N) is 2. The van der Waals surface area contributed by atoms with E-state index >= 15 is 0 Å². The summed E-state index contributed by atoms with van der Waals surface area (Å²) < 4.78 is 5.10. The van der Waals surface area contributed by atoms with E-state index < -0.39 is 0 Å². The number of rotatable bonds is 9. The van der Waals surface area contributed by atoms with Gasteiger partial charge in [0.05, 0.1) is 6.61 Å². The van der Waals surface area contributed by atoms with Gasteiger partial charge in [-0.3, -0.25) is 0 Å². The van der Waals surface area contributed by atoms with Crippen LogP contribution in [0.5, 0.6) is 0 Å². The zero-order chi connectivity index (χ0) is 17.7. The number of ether oxygens (including phenoxy) is 1. The van der Waals surface area contributed by atoms with Crippen molar-refractivity contribution in [3.05, 3.63) is 58.7 Å². The molecular formula is C20H26ClN3O. The third kappa shape index (κ3) is 4.72. The molecule has 0 unspecified atom stereocenters. The van der Waals surface area contributed by atoms with Gasteiger partial charge in [-0.15, -0.1) is 0 Å². The average molecular weight is 360 g/mol. The predicted octanol–water partition coefficient (Wildman–Crippen LogP) is 3.64. The van der Waals surface area contributed by atoms with Gasteiger partial charge in [-0.25, -0.2) is 4.98 Å². The van der Waals surface area contributed by atoms with Crippen LogP contribution in [0.2, 0.25) is 5.02 Å². The third-order valence-electron chi connectivity index (χ3n) is 4.91. The summed E-state index contributed by atoms with van der Waals surface area (Å²) in [5.74, 6) is 0.971. The number of pyridine rings is 1. The number of anilines is 1. The van der Waals surface area contributed by atoms with Crippen molar-refractivity contribution in [2.24, 2.45) is 0 Å². The highest BCUT2D eigenvalue weighted by molar-refractivity contribution is 6.30. The van der Waals surface area contributed by atoms with Crippen LogP contribution in [0, 0.1) is 0 Å². The normalized spacial score (nSPS) is 15.2. The highest BCUT2D eigenvalue weighted by Crippen LogP contribution is 2.48.